The van der Waals surface area contributed by atoms with Crippen LogP contribution in [-0.2, 0) is 0 Å². The zero-order chi connectivity index (χ0) is 10.4. The number of pyridine rings is 1. The maximum atomic E-state index is 10.8. The van der Waals surface area contributed by atoms with Crippen molar-refractivity contribution in [1.29, 1.82) is 0 Å². The quantitative estimate of drug-likeness (QED) is 0.695. The smallest absolute Gasteiger partial charge is 0.155 e. The number of nitrogens with zero attached hydrogens (tertiary/aromatic N) is 3. The lowest BCUT2D eigenvalue weighted by atomic mass is 10.2. The topological polar surface area (TPSA) is 47.3 Å². The highest BCUT2D eigenvalue weighted by Gasteiger charge is 2.27. The Bertz CT molecular complexity index is 540. The summed E-state index contributed by atoms with van der Waals surface area (Å²) in [4.78, 5) is 15.2. The number of hydrogen-bond acceptors (Lipinski definition) is 3. The molecular formula is C11H11N3O. The van der Waals surface area contributed by atoms with E-state index in [4.69, 9.17) is 0 Å². The Morgan fingerprint density at radius 1 is 1.53 bits per heavy atom. The standard InChI is InChI=1S/C11H11N3O/c1-7-4-10-12-11(8-2-3-8)13-14(10)5-9(7)6-15/h4-6,8H,2-3H2,1H3. The molecule has 76 valence electrons. The molecule has 0 atom stereocenters. The number of aromatic nitrogens is 3. The molecule has 1 aliphatic carbocycles. The summed E-state index contributed by atoms with van der Waals surface area (Å²) >= 11 is 0. The van der Waals surface area contributed by atoms with Gasteiger partial charge in [0, 0.05) is 17.7 Å². The molecular weight excluding hydrogens is 190 g/mol. The second kappa shape index (κ2) is 2.89. The maximum Gasteiger partial charge on any atom is 0.155 e. The molecule has 3 rings (SSSR count). The van der Waals surface area contributed by atoms with E-state index in [1.54, 1.807) is 10.7 Å². The molecule has 4 nitrogen and oxygen atoms in total. The summed E-state index contributed by atoms with van der Waals surface area (Å²) in [5, 5.41) is 4.37. The Morgan fingerprint density at radius 2 is 2.33 bits per heavy atom. The van der Waals surface area contributed by atoms with Crippen molar-refractivity contribution in [2.75, 3.05) is 0 Å². The zero-order valence-corrected chi connectivity index (χ0v) is 8.47. The minimum absolute atomic E-state index is 0.546. The van der Waals surface area contributed by atoms with Gasteiger partial charge in [-0.3, -0.25) is 4.79 Å². The van der Waals surface area contributed by atoms with E-state index in [1.165, 1.54) is 12.8 Å². The van der Waals surface area contributed by atoms with E-state index in [0.29, 0.717) is 11.5 Å². The van der Waals surface area contributed by atoms with Crippen LogP contribution in [0.25, 0.3) is 5.65 Å². The fourth-order valence-corrected chi connectivity index (χ4v) is 1.69. The van der Waals surface area contributed by atoms with E-state index >= 15 is 0 Å². The first kappa shape index (κ1) is 8.59. The molecule has 0 spiro atoms. The Kier molecular flexibility index (Phi) is 1.65. The molecule has 2 aromatic heterocycles. The number of rotatable bonds is 2. The molecule has 0 aliphatic heterocycles. The van der Waals surface area contributed by atoms with E-state index in [9.17, 15) is 4.79 Å². The van der Waals surface area contributed by atoms with Gasteiger partial charge < -0.3 is 0 Å². The Hall–Kier alpha value is -1.71. The van der Waals surface area contributed by atoms with Crippen molar-refractivity contribution in [3.63, 3.8) is 0 Å². The second-order valence-corrected chi connectivity index (χ2v) is 4.08. The van der Waals surface area contributed by atoms with Gasteiger partial charge in [-0.05, 0) is 31.4 Å². The molecule has 15 heavy (non-hydrogen) atoms. The van der Waals surface area contributed by atoms with Crippen LogP contribution in [0.1, 0.15) is 40.5 Å². The minimum Gasteiger partial charge on any atom is -0.298 e. The molecule has 0 radical (unpaired) electrons. The van der Waals surface area contributed by atoms with Gasteiger partial charge in [-0.15, -0.1) is 0 Å². The molecule has 0 unspecified atom stereocenters. The van der Waals surface area contributed by atoms with Crippen molar-refractivity contribution in [2.45, 2.75) is 25.7 Å². The second-order valence-electron chi connectivity index (χ2n) is 4.08. The lowest BCUT2D eigenvalue weighted by molar-refractivity contribution is 0.112. The maximum absolute atomic E-state index is 10.8. The third-order valence-electron chi connectivity index (χ3n) is 2.81. The van der Waals surface area contributed by atoms with E-state index in [0.717, 1.165) is 23.3 Å². The third-order valence-corrected chi connectivity index (χ3v) is 2.81. The molecule has 0 N–H and O–H groups in total. The van der Waals surface area contributed by atoms with Gasteiger partial charge in [-0.1, -0.05) is 0 Å². The minimum atomic E-state index is 0.546. The Balaban J connectivity index is 2.20. The van der Waals surface area contributed by atoms with Crippen molar-refractivity contribution < 1.29 is 4.79 Å². The average molecular weight is 201 g/mol. The highest BCUT2D eigenvalue weighted by molar-refractivity contribution is 5.77. The number of fused-ring (bicyclic) bond motifs is 1. The molecule has 0 bridgehead atoms. The number of aryl methyl sites for hydroxylation is 1. The summed E-state index contributed by atoms with van der Waals surface area (Å²) in [6, 6.07) is 1.91. The molecule has 4 heteroatoms. The zero-order valence-electron chi connectivity index (χ0n) is 8.47. The molecule has 0 saturated heterocycles. The van der Waals surface area contributed by atoms with Crippen LogP contribution in [0, 0.1) is 6.92 Å². The van der Waals surface area contributed by atoms with Crippen molar-refractivity contribution in [1.82, 2.24) is 14.6 Å². The first-order chi connectivity index (χ1) is 7.28. The Morgan fingerprint density at radius 3 is 3.00 bits per heavy atom. The molecule has 0 aromatic carbocycles. The van der Waals surface area contributed by atoms with Crippen molar-refractivity contribution in [2.24, 2.45) is 0 Å². The Labute approximate surface area is 86.9 Å². The molecule has 0 amide bonds. The number of hydrogen-bond donors (Lipinski definition) is 0. The summed E-state index contributed by atoms with van der Waals surface area (Å²) in [7, 11) is 0. The van der Waals surface area contributed by atoms with E-state index < -0.39 is 0 Å². The highest BCUT2D eigenvalue weighted by Crippen LogP contribution is 2.38. The first-order valence-corrected chi connectivity index (χ1v) is 5.10. The van der Waals surface area contributed by atoms with E-state index in [-0.39, 0.29) is 0 Å². The molecule has 1 saturated carbocycles. The van der Waals surface area contributed by atoms with E-state index in [2.05, 4.69) is 10.1 Å². The average Bonchev–Trinajstić information content (AvgIpc) is 2.99. The lowest BCUT2D eigenvalue weighted by Crippen LogP contribution is -1.94. The van der Waals surface area contributed by atoms with Crippen LogP contribution < -0.4 is 0 Å². The predicted molar refractivity (Wildman–Crippen MR) is 55.1 cm³/mol. The normalized spacial score (nSPS) is 15.8. The summed E-state index contributed by atoms with van der Waals surface area (Å²) in [5.74, 6) is 1.46. The van der Waals surface area contributed by atoms with Crippen LogP contribution in [0.5, 0.6) is 0 Å². The summed E-state index contributed by atoms with van der Waals surface area (Å²) < 4.78 is 1.70. The molecule has 2 heterocycles. The monoisotopic (exact) mass is 201 g/mol. The molecule has 1 aliphatic rings. The summed E-state index contributed by atoms with van der Waals surface area (Å²) in [6.07, 6.45) is 4.98. The summed E-state index contributed by atoms with van der Waals surface area (Å²) in [5.41, 5.74) is 2.46. The van der Waals surface area contributed by atoms with Gasteiger partial charge >= 0.3 is 0 Å². The molecule has 2 aromatic rings. The summed E-state index contributed by atoms with van der Waals surface area (Å²) in [6.45, 7) is 1.91. The van der Waals surface area contributed by atoms with Gasteiger partial charge in [0.25, 0.3) is 0 Å². The van der Waals surface area contributed by atoms with Gasteiger partial charge in [0.05, 0.1) is 0 Å². The fourth-order valence-electron chi connectivity index (χ4n) is 1.69. The molecule has 1 fully saturated rings. The fraction of sp³-hybridized carbons (Fsp3) is 0.364. The van der Waals surface area contributed by atoms with Crippen LogP contribution in [0.4, 0.5) is 0 Å². The van der Waals surface area contributed by atoms with Crippen LogP contribution in [0.3, 0.4) is 0 Å². The largest absolute Gasteiger partial charge is 0.298 e. The van der Waals surface area contributed by atoms with Crippen LogP contribution in [0.2, 0.25) is 0 Å². The first-order valence-electron chi connectivity index (χ1n) is 5.10. The third kappa shape index (κ3) is 1.33. The lowest BCUT2D eigenvalue weighted by Gasteiger charge is -1.97. The van der Waals surface area contributed by atoms with Crippen molar-refractivity contribution >= 4 is 11.9 Å². The van der Waals surface area contributed by atoms with Gasteiger partial charge in [-0.2, -0.15) is 5.10 Å². The van der Waals surface area contributed by atoms with Crippen LogP contribution >= 0.6 is 0 Å². The highest BCUT2D eigenvalue weighted by atomic mass is 16.1. The number of carbonyl (C=O) groups is 1. The van der Waals surface area contributed by atoms with Gasteiger partial charge in [0.1, 0.15) is 0 Å². The van der Waals surface area contributed by atoms with Crippen LogP contribution in [-0.4, -0.2) is 20.9 Å². The van der Waals surface area contributed by atoms with Crippen LogP contribution in [0.15, 0.2) is 12.3 Å². The SMILES string of the molecule is Cc1cc2nc(C3CC3)nn2cc1C=O. The van der Waals surface area contributed by atoms with Crippen molar-refractivity contribution in [3.8, 4) is 0 Å². The van der Waals surface area contributed by atoms with Crippen molar-refractivity contribution in [3.05, 3.63) is 29.2 Å². The predicted octanol–water partition coefficient (Wildman–Crippen LogP) is 1.73. The number of aldehydes is 1. The van der Waals surface area contributed by atoms with Gasteiger partial charge in [0.15, 0.2) is 17.8 Å². The van der Waals surface area contributed by atoms with Gasteiger partial charge in [-0.25, -0.2) is 9.50 Å². The van der Waals surface area contributed by atoms with Gasteiger partial charge in [0.2, 0.25) is 0 Å². The van der Waals surface area contributed by atoms with E-state index in [1.807, 2.05) is 13.0 Å². The number of carbonyl (C=O) groups excluding carboxylic acids is 1.